The van der Waals surface area contributed by atoms with Crippen LogP contribution in [0.3, 0.4) is 0 Å². The summed E-state index contributed by atoms with van der Waals surface area (Å²) in [6.07, 6.45) is 2.40. The van der Waals surface area contributed by atoms with Crippen LogP contribution in [0.1, 0.15) is 52.3 Å². The molecule has 0 unspecified atom stereocenters. The molecule has 0 saturated carbocycles. The second-order valence-electron chi connectivity index (χ2n) is 6.15. The van der Waals surface area contributed by atoms with E-state index in [9.17, 15) is 0 Å². The molecular weight excluding hydrogens is 232 g/mol. The van der Waals surface area contributed by atoms with Crippen molar-refractivity contribution in [2.24, 2.45) is 11.7 Å². The van der Waals surface area contributed by atoms with Crippen molar-refractivity contribution in [3.05, 3.63) is 33.4 Å². The molecule has 1 aromatic carbocycles. The van der Waals surface area contributed by atoms with E-state index in [2.05, 4.69) is 39.9 Å². The maximum Gasteiger partial charge on any atom is 0.0329 e. The molecule has 19 heavy (non-hydrogen) atoms. The highest BCUT2D eigenvalue weighted by molar-refractivity contribution is 5.50. The topological polar surface area (TPSA) is 38.0 Å². The molecule has 0 aliphatic carbocycles. The highest BCUT2D eigenvalue weighted by atomic mass is 14.9. The number of benzene rings is 1. The van der Waals surface area contributed by atoms with Crippen LogP contribution in [0.15, 0.2) is 0 Å². The number of hydrogen-bond donors (Lipinski definition) is 2. The molecule has 2 rings (SSSR count). The predicted octanol–water partition coefficient (Wildman–Crippen LogP) is 3.23. The Balaban J connectivity index is 2.43. The van der Waals surface area contributed by atoms with Crippen LogP contribution in [0.2, 0.25) is 0 Å². The van der Waals surface area contributed by atoms with Gasteiger partial charge in [0.15, 0.2) is 0 Å². The number of rotatable bonds is 2. The molecule has 1 saturated heterocycles. The van der Waals surface area contributed by atoms with Gasteiger partial charge in [-0.1, -0.05) is 0 Å². The molecule has 2 nitrogen and oxygen atoms in total. The third-order valence-electron chi connectivity index (χ3n) is 5.28. The zero-order valence-electron chi connectivity index (χ0n) is 13.1. The summed E-state index contributed by atoms with van der Waals surface area (Å²) in [7, 11) is 0. The second-order valence-corrected chi connectivity index (χ2v) is 6.15. The fourth-order valence-corrected chi connectivity index (χ4v) is 3.47. The van der Waals surface area contributed by atoms with Crippen molar-refractivity contribution in [2.45, 2.75) is 53.5 Å². The molecule has 3 N–H and O–H groups in total. The Bertz CT molecular complexity index is 442. The van der Waals surface area contributed by atoms with E-state index in [0.717, 1.165) is 13.1 Å². The smallest absolute Gasteiger partial charge is 0.0329 e. The zero-order valence-corrected chi connectivity index (χ0v) is 13.1. The molecule has 1 aromatic rings. The van der Waals surface area contributed by atoms with Crippen molar-refractivity contribution in [1.82, 2.24) is 5.32 Å². The molecule has 2 heteroatoms. The summed E-state index contributed by atoms with van der Waals surface area (Å²) in [6, 6.07) is 0.195. The summed E-state index contributed by atoms with van der Waals surface area (Å²) >= 11 is 0. The fourth-order valence-electron chi connectivity index (χ4n) is 3.47. The van der Waals surface area contributed by atoms with Gasteiger partial charge < -0.3 is 11.1 Å². The van der Waals surface area contributed by atoms with Crippen molar-refractivity contribution < 1.29 is 0 Å². The van der Waals surface area contributed by atoms with Gasteiger partial charge in [0.2, 0.25) is 0 Å². The summed E-state index contributed by atoms with van der Waals surface area (Å²) in [5, 5.41) is 3.43. The highest BCUT2D eigenvalue weighted by Gasteiger charge is 2.25. The van der Waals surface area contributed by atoms with Crippen molar-refractivity contribution in [3.8, 4) is 0 Å². The molecule has 1 aliphatic rings. The molecule has 106 valence electrons. The molecule has 0 spiro atoms. The predicted molar refractivity (Wildman–Crippen MR) is 82.6 cm³/mol. The molecule has 1 aliphatic heterocycles. The Kier molecular flexibility index (Phi) is 4.32. The Labute approximate surface area is 117 Å². The standard InChI is InChI=1S/C17H28N2/c1-10-11(2)13(4)16(14(5)12(10)3)17(18)15-6-8-19-9-7-15/h15,17,19H,6-9,18H2,1-5H3/t17-/m1/s1. The lowest BCUT2D eigenvalue weighted by molar-refractivity contribution is 0.320. The number of nitrogens with one attached hydrogen (secondary N) is 1. The maximum absolute atomic E-state index is 6.63. The summed E-state index contributed by atoms with van der Waals surface area (Å²) in [6.45, 7) is 13.4. The van der Waals surface area contributed by atoms with Gasteiger partial charge in [-0.2, -0.15) is 0 Å². The van der Waals surface area contributed by atoms with Gasteiger partial charge in [-0.15, -0.1) is 0 Å². The second kappa shape index (κ2) is 5.64. The summed E-state index contributed by atoms with van der Waals surface area (Å²) in [5.41, 5.74) is 15.1. The number of piperidine rings is 1. The molecule has 1 fully saturated rings. The first-order valence-corrected chi connectivity index (χ1v) is 7.48. The Hall–Kier alpha value is -0.860. The van der Waals surface area contributed by atoms with Crippen LogP contribution in [0.25, 0.3) is 0 Å². The van der Waals surface area contributed by atoms with Crippen LogP contribution in [0.5, 0.6) is 0 Å². The van der Waals surface area contributed by atoms with E-state index in [4.69, 9.17) is 5.73 Å². The van der Waals surface area contributed by atoms with Crippen molar-refractivity contribution >= 4 is 0 Å². The van der Waals surface area contributed by atoms with Gasteiger partial charge in [0, 0.05) is 6.04 Å². The monoisotopic (exact) mass is 260 g/mol. The van der Waals surface area contributed by atoms with E-state index >= 15 is 0 Å². The van der Waals surface area contributed by atoms with Crippen molar-refractivity contribution in [1.29, 1.82) is 0 Å². The third kappa shape index (κ3) is 2.56. The molecule has 1 heterocycles. The van der Waals surface area contributed by atoms with Crippen molar-refractivity contribution in [3.63, 3.8) is 0 Å². The van der Waals surface area contributed by atoms with E-state index < -0.39 is 0 Å². The van der Waals surface area contributed by atoms with Crippen LogP contribution < -0.4 is 11.1 Å². The van der Waals surface area contributed by atoms with Crippen LogP contribution >= 0.6 is 0 Å². The molecular formula is C17H28N2. The van der Waals surface area contributed by atoms with Gasteiger partial charge >= 0.3 is 0 Å². The maximum atomic E-state index is 6.63. The Morgan fingerprint density at radius 3 is 1.74 bits per heavy atom. The molecule has 0 bridgehead atoms. The third-order valence-corrected chi connectivity index (χ3v) is 5.28. The zero-order chi connectivity index (χ0) is 14.2. The van der Waals surface area contributed by atoms with Crippen LogP contribution in [0, 0.1) is 40.5 Å². The Morgan fingerprint density at radius 1 is 0.842 bits per heavy atom. The average Bonchev–Trinajstić information content (AvgIpc) is 2.44. The van der Waals surface area contributed by atoms with E-state index in [1.54, 1.807) is 0 Å². The van der Waals surface area contributed by atoms with Gasteiger partial charge in [-0.25, -0.2) is 0 Å². The SMILES string of the molecule is Cc1c(C)c(C)c([C@H](N)C2CCNCC2)c(C)c1C. The lowest BCUT2D eigenvalue weighted by atomic mass is 9.79. The minimum atomic E-state index is 0.195. The molecule has 1 atom stereocenters. The first-order chi connectivity index (χ1) is 8.95. The van der Waals surface area contributed by atoms with Gasteiger partial charge in [-0.05, 0) is 99.8 Å². The Morgan fingerprint density at radius 2 is 1.26 bits per heavy atom. The minimum absolute atomic E-state index is 0.195. The average molecular weight is 260 g/mol. The summed E-state index contributed by atoms with van der Waals surface area (Å²) < 4.78 is 0. The van der Waals surface area contributed by atoms with E-state index in [1.807, 2.05) is 0 Å². The number of nitrogens with two attached hydrogens (primary N) is 1. The van der Waals surface area contributed by atoms with E-state index in [0.29, 0.717) is 5.92 Å². The van der Waals surface area contributed by atoms with Gasteiger partial charge in [0.25, 0.3) is 0 Å². The summed E-state index contributed by atoms with van der Waals surface area (Å²) in [5.74, 6) is 0.625. The van der Waals surface area contributed by atoms with Crippen molar-refractivity contribution in [2.75, 3.05) is 13.1 Å². The van der Waals surface area contributed by atoms with Crippen LogP contribution in [0.4, 0.5) is 0 Å². The minimum Gasteiger partial charge on any atom is -0.324 e. The number of hydrogen-bond acceptors (Lipinski definition) is 2. The van der Waals surface area contributed by atoms with Gasteiger partial charge in [-0.3, -0.25) is 0 Å². The van der Waals surface area contributed by atoms with Gasteiger partial charge in [0.05, 0.1) is 0 Å². The lowest BCUT2D eigenvalue weighted by Crippen LogP contribution is -2.34. The normalized spacial score (nSPS) is 18.6. The largest absolute Gasteiger partial charge is 0.324 e. The molecule has 0 amide bonds. The first kappa shape index (κ1) is 14.5. The summed E-state index contributed by atoms with van der Waals surface area (Å²) in [4.78, 5) is 0. The van der Waals surface area contributed by atoms with Crippen LogP contribution in [-0.2, 0) is 0 Å². The van der Waals surface area contributed by atoms with E-state index in [-0.39, 0.29) is 6.04 Å². The van der Waals surface area contributed by atoms with Crippen LogP contribution in [-0.4, -0.2) is 13.1 Å². The highest BCUT2D eigenvalue weighted by Crippen LogP contribution is 2.35. The fraction of sp³-hybridized carbons (Fsp3) is 0.647. The molecule has 0 radical (unpaired) electrons. The lowest BCUT2D eigenvalue weighted by Gasteiger charge is -2.32. The molecule has 0 aromatic heterocycles. The quantitative estimate of drug-likeness (QED) is 0.857. The van der Waals surface area contributed by atoms with Gasteiger partial charge in [0.1, 0.15) is 0 Å². The van der Waals surface area contributed by atoms with E-state index in [1.165, 1.54) is 46.2 Å². The first-order valence-electron chi connectivity index (χ1n) is 7.48.